The van der Waals surface area contributed by atoms with Crippen LogP contribution in [0, 0.1) is 13.8 Å². The lowest BCUT2D eigenvalue weighted by atomic mass is 10.00. The maximum Gasteiger partial charge on any atom is 0.356 e. The number of amides is 1. The van der Waals surface area contributed by atoms with E-state index in [0.717, 1.165) is 16.7 Å². The number of nitrogens with zero attached hydrogens (tertiary/aromatic N) is 2. The SMILES string of the molecule is Cc1cc(C(C)Nc2ccc(Cl)nc2C(=O)O)c2oc(N3Cc4ccc(C(N)=O)cc4C3)c(C)c(=O)c2c1. The van der Waals surface area contributed by atoms with Crippen LogP contribution >= 0.6 is 11.6 Å². The molecule has 0 saturated carbocycles. The number of benzene rings is 2. The van der Waals surface area contributed by atoms with Gasteiger partial charge >= 0.3 is 5.97 Å². The number of rotatable bonds is 6. The van der Waals surface area contributed by atoms with Crippen molar-refractivity contribution in [2.45, 2.75) is 39.9 Å². The molecule has 194 valence electrons. The van der Waals surface area contributed by atoms with Gasteiger partial charge < -0.3 is 25.5 Å². The first kappa shape index (κ1) is 25.3. The summed E-state index contributed by atoms with van der Waals surface area (Å²) in [5.74, 6) is -1.27. The fourth-order valence-electron chi connectivity index (χ4n) is 4.90. The molecule has 10 heteroatoms. The highest BCUT2D eigenvalue weighted by atomic mass is 35.5. The van der Waals surface area contributed by atoms with Crippen molar-refractivity contribution in [3.8, 4) is 0 Å². The van der Waals surface area contributed by atoms with E-state index in [-0.39, 0.29) is 16.3 Å². The van der Waals surface area contributed by atoms with Crippen LogP contribution in [0.3, 0.4) is 0 Å². The van der Waals surface area contributed by atoms with Gasteiger partial charge in [0.15, 0.2) is 11.1 Å². The number of pyridine rings is 1. The number of carboxylic acids is 1. The molecule has 38 heavy (non-hydrogen) atoms. The molecule has 5 rings (SSSR count). The lowest BCUT2D eigenvalue weighted by Gasteiger charge is -2.22. The van der Waals surface area contributed by atoms with Crippen LogP contribution in [0.25, 0.3) is 11.0 Å². The summed E-state index contributed by atoms with van der Waals surface area (Å²) in [6, 6.07) is 11.7. The smallest absolute Gasteiger partial charge is 0.356 e. The molecule has 0 bridgehead atoms. The number of aromatic carboxylic acids is 1. The first-order chi connectivity index (χ1) is 18.0. The van der Waals surface area contributed by atoms with E-state index < -0.39 is 17.9 Å². The summed E-state index contributed by atoms with van der Waals surface area (Å²) < 4.78 is 6.45. The lowest BCUT2D eigenvalue weighted by Crippen LogP contribution is -2.20. The van der Waals surface area contributed by atoms with Crippen LogP contribution in [0.2, 0.25) is 5.15 Å². The van der Waals surface area contributed by atoms with E-state index in [2.05, 4.69) is 10.3 Å². The molecule has 4 aromatic rings. The Morgan fingerprint density at radius 2 is 1.87 bits per heavy atom. The number of nitrogens with two attached hydrogens (primary N) is 1. The zero-order valence-corrected chi connectivity index (χ0v) is 21.7. The quantitative estimate of drug-likeness (QED) is 0.296. The number of aromatic nitrogens is 1. The summed E-state index contributed by atoms with van der Waals surface area (Å²) in [5, 5.41) is 13.3. The number of hydrogen-bond acceptors (Lipinski definition) is 7. The van der Waals surface area contributed by atoms with Gasteiger partial charge in [0.25, 0.3) is 0 Å². The molecule has 0 radical (unpaired) electrons. The maximum atomic E-state index is 13.5. The summed E-state index contributed by atoms with van der Waals surface area (Å²) in [6.07, 6.45) is 0. The Balaban J connectivity index is 1.58. The van der Waals surface area contributed by atoms with Crippen molar-refractivity contribution in [1.82, 2.24) is 4.98 Å². The Kier molecular flexibility index (Phi) is 6.32. The molecular weight excluding hydrogens is 508 g/mol. The molecular formula is C28H25ClN4O5. The average molecular weight is 533 g/mol. The van der Waals surface area contributed by atoms with Crippen molar-refractivity contribution < 1.29 is 19.1 Å². The largest absolute Gasteiger partial charge is 0.476 e. The Hall–Kier alpha value is -4.37. The normalized spacial score (nSPS) is 13.4. The Bertz CT molecular complexity index is 1700. The van der Waals surface area contributed by atoms with Crippen LogP contribution in [0.5, 0.6) is 0 Å². The highest BCUT2D eigenvalue weighted by molar-refractivity contribution is 6.29. The van der Waals surface area contributed by atoms with Crippen LogP contribution in [0.1, 0.15) is 61.6 Å². The number of primary amides is 1. The molecule has 0 aliphatic carbocycles. The first-order valence-electron chi connectivity index (χ1n) is 11.9. The Morgan fingerprint density at radius 1 is 1.13 bits per heavy atom. The molecule has 1 atom stereocenters. The number of nitrogens with one attached hydrogen (secondary N) is 1. The Morgan fingerprint density at radius 3 is 2.58 bits per heavy atom. The maximum absolute atomic E-state index is 13.5. The summed E-state index contributed by atoms with van der Waals surface area (Å²) in [7, 11) is 0. The fraction of sp³-hybridized carbons (Fsp3) is 0.214. The van der Waals surface area contributed by atoms with Crippen LogP contribution in [0.15, 0.2) is 51.7 Å². The minimum absolute atomic E-state index is 0.0716. The zero-order chi connectivity index (χ0) is 27.3. The fourth-order valence-corrected chi connectivity index (χ4v) is 5.04. The third-order valence-corrected chi connectivity index (χ3v) is 6.98. The molecule has 1 aliphatic rings. The van der Waals surface area contributed by atoms with E-state index >= 15 is 0 Å². The van der Waals surface area contributed by atoms with Gasteiger partial charge in [-0.15, -0.1) is 0 Å². The third-order valence-electron chi connectivity index (χ3n) is 6.77. The molecule has 0 spiro atoms. The summed E-state index contributed by atoms with van der Waals surface area (Å²) in [6.45, 7) is 6.44. The minimum atomic E-state index is -1.21. The molecule has 1 amide bonds. The number of fused-ring (bicyclic) bond motifs is 2. The average Bonchev–Trinajstić information content (AvgIpc) is 3.30. The van der Waals surface area contributed by atoms with Gasteiger partial charge in [0, 0.05) is 24.2 Å². The van der Waals surface area contributed by atoms with Crippen molar-refractivity contribution in [3.05, 3.63) is 96.9 Å². The van der Waals surface area contributed by atoms with Gasteiger partial charge in [0.1, 0.15) is 10.7 Å². The van der Waals surface area contributed by atoms with Gasteiger partial charge in [-0.25, -0.2) is 9.78 Å². The van der Waals surface area contributed by atoms with Gasteiger partial charge in [0.05, 0.1) is 22.7 Å². The predicted octanol–water partition coefficient (Wildman–Crippen LogP) is 4.95. The van der Waals surface area contributed by atoms with Crippen LogP contribution < -0.4 is 21.4 Å². The number of aryl methyl sites for hydroxylation is 1. The second-order valence-corrected chi connectivity index (χ2v) is 9.88. The van der Waals surface area contributed by atoms with Gasteiger partial charge in [-0.05, 0) is 67.8 Å². The number of halogens is 1. The molecule has 1 unspecified atom stereocenters. The second kappa shape index (κ2) is 9.50. The topological polar surface area (TPSA) is 139 Å². The number of carbonyl (C=O) groups is 2. The summed E-state index contributed by atoms with van der Waals surface area (Å²) in [4.78, 5) is 42.8. The number of carboxylic acid groups (broad SMARTS) is 1. The van der Waals surface area contributed by atoms with Gasteiger partial charge in [0.2, 0.25) is 11.8 Å². The molecule has 0 saturated heterocycles. The van der Waals surface area contributed by atoms with Crippen LogP contribution in [-0.4, -0.2) is 22.0 Å². The van der Waals surface area contributed by atoms with E-state index in [9.17, 15) is 19.5 Å². The first-order valence-corrected chi connectivity index (χ1v) is 12.3. The van der Waals surface area contributed by atoms with E-state index in [4.69, 9.17) is 21.8 Å². The van der Waals surface area contributed by atoms with Gasteiger partial charge in [-0.3, -0.25) is 9.59 Å². The number of anilines is 2. The number of hydrogen-bond donors (Lipinski definition) is 3. The molecule has 9 nitrogen and oxygen atoms in total. The van der Waals surface area contributed by atoms with Crippen molar-refractivity contribution >= 4 is 46.0 Å². The van der Waals surface area contributed by atoms with E-state index in [0.29, 0.717) is 52.3 Å². The zero-order valence-electron chi connectivity index (χ0n) is 21.0. The van der Waals surface area contributed by atoms with Crippen LogP contribution in [-0.2, 0) is 13.1 Å². The Labute approximate surface area is 222 Å². The summed E-state index contributed by atoms with van der Waals surface area (Å²) in [5.41, 5.74) is 10.2. The summed E-state index contributed by atoms with van der Waals surface area (Å²) >= 11 is 5.90. The highest BCUT2D eigenvalue weighted by Gasteiger charge is 2.27. The van der Waals surface area contributed by atoms with Gasteiger partial charge in [-0.2, -0.15) is 0 Å². The van der Waals surface area contributed by atoms with E-state index in [1.54, 1.807) is 31.2 Å². The molecule has 2 aromatic carbocycles. The van der Waals surface area contributed by atoms with Crippen molar-refractivity contribution in [2.75, 3.05) is 10.2 Å². The monoisotopic (exact) mass is 532 g/mol. The van der Waals surface area contributed by atoms with Crippen LogP contribution in [0.4, 0.5) is 11.6 Å². The van der Waals surface area contributed by atoms with E-state index in [1.165, 1.54) is 6.07 Å². The predicted molar refractivity (Wildman–Crippen MR) is 145 cm³/mol. The molecule has 1 aliphatic heterocycles. The third kappa shape index (κ3) is 4.45. The van der Waals surface area contributed by atoms with Gasteiger partial charge in [-0.1, -0.05) is 23.7 Å². The molecule has 2 aromatic heterocycles. The number of carbonyl (C=O) groups excluding carboxylic acids is 1. The second-order valence-electron chi connectivity index (χ2n) is 9.50. The highest BCUT2D eigenvalue weighted by Crippen LogP contribution is 2.35. The van der Waals surface area contributed by atoms with E-state index in [1.807, 2.05) is 30.9 Å². The van der Waals surface area contributed by atoms with Crippen molar-refractivity contribution in [1.29, 1.82) is 0 Å². The van der Waals surface area contributed by atoms with Crippen molar-refractivity contribution in [2.24, 2.45) is 5.73 Å². The minimum Gasteiger partial charge on any atom is -0.476 e. The van der Waals surface area contributed by atoms with Crippen molar-refractivity contribution in [3.63, 3.8) is 0 Å². The molecule has 4 N–H and O–H groups in total. The lowest BCUT2D eigenvalue weighted by molar-refractivity contribution is 0.0691. The molecule has 0 fully saturated rings. The standard InChI is InChI=1S/C28H25ClN4O5/c1-13-8-19(15(3)31-21-6-7-22(29)32-23(21)28(36)37)25-20(9-13)24(34)14(2)27(38-25)33-11-17-5-4-16(26(30)35)10-18(17)12-33/h4-10,15,31H,11-12H2,1-3H3,(H2,30,35)(H,36,37). The molecule has 3 heterocycles.